The highest BCUT2D eigenvalue weighted by molar-refractivity contribution is 5.86. The zero-order valence-corrected chi connectivity index (χ0v) is 12.4. The Kier molecular flexibility index (Phi) is 6.55. The number of aliphatic carboxylic acids is 1. The minimum atomic E-state index is -1.09. The first-order valence-corrected chi connectivity index (χ1v) is 7.44. The number of carbonyl (C=O) groups excluding carboxylic acids is 1. The van der Waals surface area contributed by atoms with Crippen LogP contribution in [0, 0.1) is 5.92 Å². The Morgan fingerprint density at radius 3 is 2.50 bits per heavy atom. The quantitative estimate of drug-likeness (QED) is 0.517. The summed E-state index contributed by atoms with van der Waals surface area (Å²) in [5.41, 5.74) is -1.09. The molecule has 0 aromatic rings. The van der Waals surface area contributed by atoms with E-state index in [-0.39, 0.29) is 6.03 Å². The predicted molar refractivity (Wildman–Crippen MR) is 78.6 cm³/mol. The fourth-order valence-corrected chi connectivity index (χ4v) is 2.67. The lowest BCUT2D eigenvalue weighted by molar-refractivity contribution is -0.146. The Hall–Kier alpha value is -1.52. The summed E-state index contributed by atoms with van der Waals surface area (Å²) in [6.07, 6.45) is 8.47. The summed E-state index contributed by atoms with van der Waals surface area (Å²) in [7, 11) is 0. The van der Waals surface area contributed by atoms with Crippen LogP contribution < -0.4 is 10.6 Å². The van der Waals surface area contributed by atoms with E-state index in [4.69, 9.17) is 0 Å². The summed E-state index contributed by atoms with van der Waals surface area (Å²) in [5, 5.41) is 14.8. The van der Waals surface area contributed by atoms with Gasteiger partial charge >= 0.3 is 12.0 Å². The van der Waals surface area contributed by atoms with Crippen LogP contribution in [-0.2, 0) is 4.79 Å². The van der Waals surface area contributed by atoms with Gasteiger partial charge < -0.3 is 15.7 Å². The van der Waals surface area contributed by atoms with Gasteiger partial charge in [0, 0.05) is 6.54 Å². The van der Waals surface area contributed by atoms with E-state index in [1.165, 1.54) is 0 Å². The topological polar surface area (TPSA) is 78.4 Å². The molecule has 2 amide bonds. The van der Waals surface area contributed by atoms with Gasteiger partial charge in [-0.15, -0.1) is 0 Å². The molecule has 20 heavy (non-hydrogen) atoms. The van der Waals surface area contributed by atoms with E-state index in [1.54, 1.807) is 0 Å². The zero-order valence-electron chi connectivity index (χ0n) is 12.4. The number of carbonyl (C=O) groups is 2. The number of hydrogen-bond acceptors (Lipinski definition) is 2. The molecule has 0 aromatic carbocycles. The van der Waals surface area contributed by atoms with Crippen LogP contribution in [0.4, 0.5) is 4.79 Å². The highest BCUT2D eigenvalue weighted by atomic mass is 16.4. The first-order chi connectivity index (χ1) is 9.54. The summed E-state index contributed by atoms with van der Waals surface area (Å²) in [6, 6.07) is -0.383. The SMILES string of the molecule is C/C=C/CCNC(=O)NC1(C(=O)O)CCC(CC)CC1. The normalized spacial score (nSPS) is 26.4. The predicted octanol–water partition coefficient (Wildman–Crippen LogP) is 2.68. The second kappa shape index (κ2) is 7.92. The van der Waals surface area contributed by atoms with Crippen LogP contribution in [0.2, 0.25) is 0 Å². The molecule has 5 nitrogen and oxygen atoms in total. The standard InChI is InChI=1S/C15H26N2O3/c1-3-5-6-11-16-14(20)17-15(13(18)19)9-7-12(4-2)8-10-15/h3,5,12H,4,6-11H2,1-2H3,(H,18,19)(H2,16,17,20)/b5-3+. The number of allylic oxidation sites excluding steroid dienone is 1. The van der Waals surface area contributed by atoms with Gasteiger partial charge in [0.15, 0.2) is 0 Å². The van der Waals surface area contributed by atoms with Gasteiger partial charge in [0.2, 0.25) is 0 Å². The highest BCUT2D eigenvalue weighted by Gasteiger charge is 2.42. The van der Waals surface area contributed by atoms with E-state index in [9.17, 15) is 14.7 Å². The van der Waals surface area contributed by atoms with Gasteiger partial charge in [-0.1, -0.05) is 25.5 Å². The molecule has 0 heterocycles. The molecule has 5 heteroatoms. The van der Waals surface area contributed by atoms with Gasteiger partial charge in [0.1, 0.15) is 5.54 Å². The van der Waals surface area contributed by atoms with Crippen LogP contribution in [0.15, 0.2) is 12.2 Å². The summed E-state index contributed by atoms with van der Waals surface area (Å²) < 4.78 is 0. The van der Waals surface area contributed by atoms with Gasteiger partial charge in [-0.3, -0.25) is 0 Å². The molecule has 0 spiro atoms. The summed E-state index contributed by atoms with van der Waals surface area (Å²) >= 11 is 0. The molecule has 0 saturated heterocycles. The Balaban J connectivity index is 2.51. The van der Waals surface area contributed by atoms with E-state index in [0.717, 1.165) is 25.7 Å². The Morgan fingerprint density at radius 2 is 2.00 bits per heavy atom. The summed E-state index contributed by atoms with van der Waals surface area (Å²) in [5.74, 6) is -0.335. The Morgan fingerprint density at radius 1 is 1.35 bits per heavy atom. The van der Waals surface area contributed by atoms with Crippen molar-refractivity contribution in [3.05, 3.63) is 12.2 Å². The average molecular weight is 282 g/mol. The van der Waals surface area contributed by atoms with Gasteiger partial charge in [-0.2, -0.15) is 0 Å². The molecule has 0 atom stereocenters. The first-order valence-electron chi connectivity index (χ1n) is 7.44. The molecule has 3 N–H and O–H groups in total. The van der Waals surface area contributed by atoms with Gasteiger partial charge in [0.05, 0.1) is 0 Å². The number of urea groups is 1. The Bertz CT molecular complexity index is 358. The molecular formula is C15H26N2O3. The smallest absolute Gasteiger partial charge is 0.329 e. The fourth-order valence-electron chi connectivity index (χ4n) is 2.67. The molecule has 0 bridgehead atoms. The number of amides is 2. The highest BCUT2D eigenvalue weighted by Crippen LogP contribution is 2.33. The third-order valence-electron chi connectivity index (χ3n) is 4.13. The lowest BCUT2D eigenvalue weighted by Crippen LogP contribution is -2.58. The second-order valence-electron chi connectivity index (χ2n) is 5.48. The average Bonchev–Trinajstić information content (AvgIpc) is 2.44. The van der Waals surface area contributed by atoms with Crippen molar-refractivity contribution in [1.82, 2.24) is 10.6 Å². The lowest BCUT2D eigenvalue weighted by atomic mass is 9.75. The van der Waals surface area contributed by atoms with Crippen molar-refractivity contribution in [3.63, 3.8) is 0 Å². The second-order valence-corrected chi connectivity index (χ2v) is 5.48. The molecule has 1 aliphatic rings. The fraction of sp³-hybridized carbons (Fsp3) is 0.733. The van der Waals surface area contributed by atoms with E-state index in [1.807, 2.05) is 19.1 Å². The van der Waals surface area contributed by atoms with Crippen LogP contribution in [0.5, 0.6) is 0 Å². The molecular weight excluding hydrogens is 256 g/mol. The van der Waals surface area contributed by atoms with Crippen LogP contribution in [0.1, 0.15) is 52.4 Å². The molecule has 1 fully saturated rings. The number of nitrogens with one attached hydrogen (secondary N) is 2. The molecule has 0 radical (unpaired) electrons. The van der Waals surface area contributed by atoms with E-state index >= 15 is 0 Å². The molecule has 0 aliphatic heterocycles. The van der Waals surface area contributed by atoms with Gasteiger partial charge in [-0.05, 0) is 44.9 Å². The van der Waals surface area contributed by atoms with Crippen molar-refractivity contribution in [2.24, 2.45) is 5.92 Å². The summed E-state index contributed by atoms with van der Waals surface area (Å²) in [4.78, 5) is 23.4. The monoisotopic (exact) mass is 282 g/mol. The van der Waals surface area contributed by atoms with Gasteiger partial charge in [0.25, 0.3) is 0 Å². The van der Waals surface area contributed by atoms with E-state index in [0.29, 0.717) is 25.3 Å². The number of carboxylic acid groups (broad SMARTS) is 1. The molecule has 1 rings (SSSR count). The van der Waals surface area contributed by atoms with Gasteiger partial charge in [-0.25, -0.2) is 9.59 Å². The van der Waals surface area contributed by atoms with Crippen molar-refractivity contribution in [3.8, 4) is 0 Å². The molecule has 0 aromatic heterocycles. The van der Waals surface area contributed by atoms with E-state index < -0.39 is 11.5 Å². The molecule has 0 unspecified atom stereocenters. The largest absolute Gasteiger partial charge is 0.480 e. The Labute approximate surface area is 120 Å². The van der Waals surface area contributed by atoms with Crippen molar-refractivity contribution in [2.75, 3.05) is 6.54 Å². The molecule has 1 aliphatic carbocycles. The van der Waals surface area contributed by atoms with Crippen molar-refractivity contribution >= 4 is 12.0 Å². The number of rotatable bonds is 6. The maximum atomic E-state index is 11.8. The van der Waals surface area contributed by atoms with Crippen LogP contribution in [0.25, 0.3) is 0 Å². The number of carboxylic acids is 1. The van der Waals surface area contributed by atoms with Crippen LogP contribution in [0.3, 0.4) is 0 Å². The molecule has 114 valence electrons. The first kappa shape index (κ1) is 16.5. The van der Waals surface area contributed by atoms with Crippen molar-refractivity contribution in [1.29, 1.82) is 0 Å². The maximum Gasteiger partial charge on any atom is 0.329 e. The summed E-state index contributed by atoms with van der Waals surface area (Å²) in [6.45, 7) is 4.56. The molecule has 1 saturated carbocycles. The minimum Gasteiger partial charge on any atom is -0.480 e. The number of hydrogen-bond donors (Lipinski definition) is 3. The third kappa shape index (κ3) is 4.54. The maximum absolute atomic E-state index is 11.8. The minimum absolute atomic E-state index is 0.383. The van der Waals surface area contributed by atoms with Crippen molar-refractivity contribution < 1.29 is 14.7 Å². The lowest BCUT2D eigenvalue weighted by Gasteiger charge is -2.37. The van der Waals surface area contributed by atoms with Crippen LogP contribution in [-0.4, -0.2) is 29.2 Å². The van der Waals surface area contributed by atoms with Crippen LogP contribution >= 0.6 is 0 Å². The van der Waals surface area contributed by atoms with Crippen molar-refractivity contribution in [2.45, 2.75) is 57.9 Å². The zero-order chi connectivity index (χ0) is 15.0. The third-order valence-corrected chi connectivity index (χ3v) is 4.13. The van der Waals surface area contributed by atoms with E-state index in [2.05, 4.69) is 17.6 Å².